The maximum Gasteiger partial charge on any atom is -0.00519 e. The molecule has 0 amide bonds. The topological polar surface area (TPSA) is 12.0 Å². The van der Waals surface area contributed by atoms with Crippen molar-refractivity contribution in [2.24, 2.45) is 0 Å². The molecule has 0 aromatic carbocycles. The Kier molecular flexibility index (Phi) is 26.9. The van der Waals surface area contributed by atoms with Crippen LogP contribution in [0, 0.1) is 0 Å². The van der Waals surface area contributed by atoms with Gasteiger partial charge in [-0.1, -0.05) is 155 Å². The lowest BCUT2D eigenvalue weighted by molar-refractivity contribution is 0.516. The van der Waals surface area contributed by atoms with E-state index in [2.05, 4.69) is 19.3 Å². The summed E-state index contributed by atoms with van der Waals surface area (Å²) in [5, 5.41) is 3.23. The van der Waals surface area contributed by atoms with E-state index in [0.717, 1.165) is 0 Å². The Balaban J connectivity index is 2.96. The molecule has 0 saturated heterocycles. The van der Waals surface area contributed by atoms with Gasteiger partial charge < -0.3 is 5.32 Å². The summed E-state index contributed by atoms with van der Waals surface area (Å²) >= 11 is 0. The van der Waals surface area contributed by atoms with Crippen LogP contribution in [0.3, 0.4) is 0 Å². The molecule has 0 bridgehead atoms. The minimum Gasteiger partial charge on any atom is -0.320 e. The third-order valence-corrected chi connectivity index (χ3v) is 6.28. The van der Waals surface area contributed by atoms with Crippen LogP contribution >= 0.6 is 0 Å². The van der Waals surface area contributed by atoms with Crippen LogP contribution in [0.5, 0.6) is 0 Å². The Labute approximate surface area is 180 Å². The third-order valence-electron chi connectivity index (χ3n) is 6.28. The molecule has 0 heterocycles. The van der Waals surface area contributed by atoms with E-state index in [1.807, 2.05) is 0 Å². The van der Waals surface area contributed by atoms with E-state index in [0.29, 0.717) is 0 Å². The first-order valence-electron chi connectivity index (χ1n) is 13.6. The normalized spacial score (nSPS) is 11.4. The fourth-order valence-corrected chi connectivity index (χ4v) is 4.26. The number of nitrogens with one attached hydrogen (secondary N) is 1. The molecule has 1 heteroatoms. The lowest BCUT2D eigenvalue weighted by atomic mass is 10.0. The van der Waals surface area contributed by atoms with Crippen LogP contribution in [0.25, 0.3) is 0 Å². The maximum atomic E-state index is 3.23. The van der Waals surface area contributed by atoms with E-state index in [1.54, 1.807) is 0 Å². The van der Waals surface area contributed by atoms with Crippen LogP contribution in [0.1, 0.15) is 161 Å². The number of hydrogen-bond donors (Lipinski definition) is 1. The second kappa shape index (κ2) is 27.0. The second-order valence-electron chi connectivity index (χ2n) is 9.24. The Morgan fingerprint density at radius 1 is 0.321 bits per heavy atom. The molecule has 0 rings (SSSR count). The lowest BCUT2D eigenvalue weighted by Gasteiger charge is -2.04. The SMILES string of the molecule is CCCCCCCCCCCCCCCCCCCCCCCCCCNC. The van der Waals surface area contributed by atoms with Crippen molar-refractivity contribution in [2.45, 2.75) is 161 Å². The molecule has 0 unspecified atom stereocenters. The first-order valence-corrected chi connectivity index (χ1v) is 13.6. The standard InChI is InChI=1S/C27H57N/c1-3-4-5-6-7-8-9-10-11-12-13-14-15-16-17-18-19-20-21-22-23-24-25-26-27-28-2/h28H,3-27H2,1-2H3. The summed E-state index contributed by atoms with van der Waals surface area (Å²) in [7, 11) is 2.05. The predicted octanol–water partition coefficient (Wildman–Crippen LogP) is 9.59. The van der Waals surface area contributed by atoms with Gasteiger partial charge in [0.2, 0.25) is 0 Å². The van der Waals surface area contributed by atoms with Crippen molar-refractivity contribution in [1.29, 1.82) is 0 Å². The van der Waals surface area contributed by atoms with E-state index in [-0.39, 0.29) is 0 Å². The predicted molar refractivity (Wildman–Crippen MR) is 130 cm³/mol. The molecule has 0 aliphatic heterocycles. The molecule has 0 fully saturated rings. The highest BCUT2D eigenvalue weighted by Crippen LogP contribution is 2.15. The van der Waals surface area contributed by atoms with E-state index in [9.17, 15) is 0 Å². The zero-order chi connectivity index (χ0) is 20.4. The Morgan fingerprint density at radius 3 is 0.750 bits per heavy atom. The van der Waals surface area contributed by atoms with Crippen LogP contribution in [0.15, 0.2) is 0 Å². The van der Waals surface area contributed by atoms with Gasteiger partial charge >= 0.3 is 0 Å². The summed E-state index contributed by atoms with van der Waals surface area (Å²) in [5.41, 5.74) is 0. The van der Waals surface area contributed by atoms with E-state index in [4.69, 9.17) is 0 Å². The zero-order valence-corrected chi connectivity index (χ0v) is 20.2. The fourth-order valence-electron chi connectivity index (χ4n) is 4.26. The lowest BCUT2D eigenvalue weighted by Crippen LogP contribution is -2.06. The summed E-state index contributed by atoms with van der Waals surface area (Å²) in [5.74, 6) is 0. The Hall–Kier alpha value is -0.0400. The van der Waals surface area contributed by atoms with Crippen LogP contribution in [-0.2, 0) is 0 Å². The van der Waals surface area contributed by atoms with Crippen molar-refractivity contribution < 1.29 is 0 Å². The van der Waals surface area contributed by atoms with Gasteiger partial charge in [-0.05, 0) is 20.0 Å². The van der Waals surface area contributed by atoms with Crippen molar-refractivity contribution in [3.8, 4) is 0 Å². The highest BCUT2D eigenvalue weighted by Gasteiger charge is 1.96. The molecule has 1 nitrogen and oxygen atoms in total. The molecule has 0 aromatic heterocycles. The smallest absolute Gasteiger partial charge is 0.00519 e. The summed E-state index contributed by atoms with van der Waals surface area (Å²) < 4.78 is 0. The van der Waals surface area contributed by atoms with Gasteiger partial charge in [0.15, 0.2) is 0 Å². The minimum atomic E-state index is 1.19. The van der Waals surface area contributed by atoms with Crippen LogP contribution in [0.2, 0.25) is 0 Å². The molecule has 28 heavy (non-hydrogen) atoms. The van der Waals surface area contributed by atoms with Gasteiger partial charge in [-0.3, -0.25) is 0 Å². The van der Waals surface area contributed by atoms with Crippen molar-refractivity contribution in [3.63, 3.8) is 0 Å². The quantitative estimate of drug-likeness (QED) is 0.152. The molecule has 0 radical (unpaired) electrons. The average Bonchev–Trinajstić information content (AvgIpc) is 2.71. The molecule has 170 valence electrons. The van der Waals surface area contributed by atoms with E-state index in [1.165, 1.54) is 161 Å². The molecular formula is C27H57N. The molecular weight excluding hydrogens is 338 g/mol. The zero-order valence-electron chi connectivity index (χ0n) is 20.2. The van der Waals surface area contributed by atoms with Crippen molar-refractivity contribution >= 4 is 0 Å². The molecule has 0 saturated carbocycles. The summed E-state index contributed by atoms with van der Waals surface area (Å²) in [6.45, 7) is 3.50. The van der Waals surface area contributed by atoms with E-state index >= 15 is 0 Å². The fraction of sp³-hybridized carbons (Fsp3) is 1.00. The summed E-state index contributed by atoms with van der Waals surface area (Å²) in [6.07, 6.45) is 35.2. The maximum absolute atomic E-state index is 3.23. The monoisotopic (exact) mass is 395 g/mol. The summed E-state index contributed by atoms with van der Waals surface area (Å²) in [6, 6.07) is 0. The third kappa shape index (κ3) is 26.0. The van der Waals surface area contributed by atoms with Gasteiger partial charge in [-0.15, -0.1) is 0 Å². The van der Waals surface area contributed by atoms with Gasteiger partial charge in [0.25, 0.3) is 0 Å². The Morgan fingerprint density at radius 2 is 0.536 bits per heavy atom. The van der Waals surface area contributed by atoms with Gasteiger partial charge in [0, 0.05) is 0 Å². The van der Waals surface area contributed by atoms with Gasteiger partial charge in [-0.2, -0.15) is 0 Å². The van der Waals surface area contributed by atoms with Gasteiger partial charge in [0.1, 0.15) is 0 Å². The molecule has 0 atom stereocenters. The second-order valence-corrected chi connectivity index (χ2v) is 9.24. The number of rotatable bonds is 25. The average molecular weight is 396 g/mol. The minimum absolute atomic E-state index is 1.19. The molecule has 0 aromatic rings. The molecule has 1 N–H and O–H groups in total. The van der Waals surface area contributed by atoms with Gasteiger partial charge in [-0.25, -0.2) is 0 Å². The number of unbranched alkanes of at least 4 members (excludes halogenated alkanes) is 23. The highest BCUT2D eigenvalue weighted by molar-refractivity contribution is 4.51. The molecule has 0 spiro atoms. The van der Waals surface area contributed by atoms with Crippen molar-refractivity contribution in [2.75, 3.05) is 13.6 Å². The van der Waals surface area contributed by atoms with Crippen molar-refractivity contribution in [1.82, 2.24) is 5.32 Å². The highest BCUT2D eigenvalue weighted by atomic mass is 14.8. The molecule has 0 aliphatic rings. The van der Waals surface area contributed by atoms with Crippen LogP contribution in [0.4, 0.5) is 0 Å². The van der Waals surface area contributed by atoms with Gasteiger partial charge in [0.05, 0.1) is 0 Å². The largest absolute Gasteiger partial charge is 0.320 e. The van der Waals surface area contributed by atoms with Crippen LogP contribution < -0.4 is 5.32 Å². The first-order chi connectivity index (χ1) is 13.9. The van der Waals surface area contributed by atoms with E-state index < -0.39 is 0 Å². The van der Waals surface area contributed by atoms with Crippen molar-refractivity contribution in [3.05, 3.63) is 0 Å². The van der Waals surface area contributed by atoms with Crippen LogP contribution in [-0.4, -0.2) is 13.6 Å². The number of hydrogen-bond acceptors (Lipinski definition) is 1. The molecule has 0 aliphatic carbocycles. The summed E-state index contributed by atoms with van der Waals surface area (Å²) in [4.78, 5) is 0. The first kappa shape index (κ1) is 28.0. The Bertz CT molecular complexity index is 225.